The number of benzene rings is 1. The van der Waals surface area contributed by atoms with Crippen LogP contribution in [0.3, 0.4) is 0 Å². The number of ether oxygens (including phenoxy) is 3. The fourth-order valence-corrected chi connectivity index (χ4v) is 1.78. The van der Waals surface area contributed by atoms with Gasteiger partial charge in [-0.2, -0.15) is 0 Å². The van der Waals surface area contributed by atoms with Gasteiger partial charge < -0.3 is 14.2 Å². The number of rotatable bonds is 6. The van der Waals surface area contributed by atoms with E-state index >= 15 is 0 Å². The number of hydrogen-bond acceptors (Lipinski definition) is 5. The predicted molar refractivity (Wildman–Crippen MR) is 66.1 cm³/mol. The highest BCUT2D eigenvalue weighted by Gasteiger charge is 2.25. The lowest BCUT2D eigenvalue weighted by Gasteiger charge is -2.25. The van der Waals surface area contributed by atoms with E-state index in [4.69, 9.17) is 20.1 Å². The zero-order valence-electron chi connectivity index (χ0n) is 10.7. The second-order valence-electron chi connectivity index (χ2n) is 3.66. The highest BCUT2D eigenvalue weighted by Crippen LogP contribution is 2.35. The minimum Gasteiger partial charge on any atom is -0.496 e. The minimum absolute atomic E-state index is 0.106. The second-order valence-corrected chi connectivity index (χ2v) is 3.66. The van der Waals surface area contributed by atoms with Crippen LogP contribution in [-0.4, -0.2) is 27.4 Å². The van der Waals surface area contributed by atoms with Crippen LogP contribution < -0.4 is 20.7 Å². The SMILES string of the molecule is COc1cccc(OC)c1C(NN)C(C)OC. The van der Waals surface area contributed by atoms with Crippen LogP contribution in [0.25, 0.3) is 0 Å². The number of nitrogens with two attached hydrogens (primary N) is 1. The third-order valence-corrected chi connectivity index (χ3v) is 2.80. The maximum atomic E-state index is 5.59. The summed E-state index contributed by atoms with van der Waals surface area (Å²) in [4.78, 5) is 0. The van der Waals surface area contributed by atoms with Gasteiger partial charge in [-0.25, -0.2) is 0 Å². The zero-order valence-corrected chi connectivity index (χ0v) is 10.7. The van der Waals surface area contributed by atoms with E-state index in [0.717, 1.165) is 17.1 Å². The summed E-state index contributed by atoms with van der Waals surface area (Å²) < 4.78 is 16.0. The predicted octanol–water partition coefficient (Wildman–Crippen LogP) is 1.24. The van der Waals surface area contributed by atoms with Crippen LogP contribution in [0.4, 0.5) is 0 Å². The standard InChI is InChI=1S/C12H20N2O3/c1-8(15-2)12(14-13)11-9(16-3)6-5-7-10(11)17-4/h5-8,12,14H,13H2,1-4H3. The molecule has 1 rings (SSSR count). The average molecular weight is 240 g/mol. The van der Waals surface area contributed by atoms with Crippen molar-refractivity contribution in [3.05, 3.63) is 23.8 Å². The molecule has 0 spiro atoms. The van der Waals surface area contributed by atoms with Crippen LogP contribution in [0.1, 0.15) is 18.5 Å². The van der Waals surface area contributed by atoms with Crippen molar-refractivity contribution in [2.24, 2.45) is 5.84 Å². The molecule has 2 atom stereocenters. The van der Waals surface area contributed by atoms with E-state index in [9.17, 15) is 0 Å². The van der Waals surface area contributed by atoms with Crippen molar-refractivity contribution in [1.82, 2.24) is 5.43 Å². The van der Waals surface area contributed by atoms with Gasteiger partial charge in [-0.1, -0.05) is 6.07 Å². The molecule has 5 heteroatoms. The first-order valence-corrected chi connectivity index (χ1v) is 5.39. The highest BCUT2D eigenvalue weighted by molar-refractivity contribution is 5.47. The topological polar surface area (TPSA) is 65.7 Å². The summed E-state index contributed by atoms with van der Waals surface area (Å²) >= 11 is 0. The Kier molecular flexibility index (Phi) is 5.21. The molecule has 0 heterocycles. The molecule has 0 saturated carbocycles. The molecular weight excluding hydrogens is 220 g/mol. The Morgan fingerprint density at radius 3 is 2.00 bits per heavy atom. The van der Waals surface area contributed by atoms with E-state index in [0.29, 0.717) is 0 Å². The Morgan fingerprint density at radius 1 is 1.12 bits per heavy atom. The molecule has 2 unspecified atom stereocenters. The van der Waals surface area contributed by atoms with Crippen LogP contribution in [0.5, 0.6) is 11.5 Å². The lowest BCUT2D eigenvalue weighted by atomic mass is 10.0. The number of hydrazine groups is 1. The van der Waals surface area contributed by atoms with Gasteiger partial charge in [0.05, 0.1) is 31.9 Å². The summed E-state index contributed by atoms with van der Waals surface area (Å²) in [7, 11) is 4.86. The third kappa shape index (κ3) is 2.88. The maximum absolute atomic E-state index is 5.59. The summed E-state index contributed by atoms with van der Waals surface area (Å²) in [6.07, 6.45) is -0.106. The van der Waals surface area contributed by atoms with Gasteiger partial charge in [0.2, 0.25) is 0 Å². The molecular formula is C12H20N2O3. The fraction of sp³-hybridized carbons (Fsp3) is 0.500. The first-order valence-electron chi connectivity index (χ1n) is 5.39. The molecule has 1 aromatic rings. The van der Waals surface area contributed by atoms with Crippen LogP contribution in [0, 0.1) is 0 Å². The molecule has 96 valence electrons. The van der Waals surface area contributed by atoms with Crippen molar-refractivity contribution >= 4 is 0 Å². The summed E-state index contributed by atoms with van der Waals surface area (Å²) in [5.74, 6) is 7.02. The van der Waals surface area contributed by atoms with Gasteiger partial charge in [-0.3, -0.25) is 11.3 Å². The van der Waals surface area contributed by atoms with Crippen LogP contribution in [-0.2, 0) is 4.74 Å². The van der Waals surface area contributed by atoms with E-state index < -0.39 is 0 Å². The summed E-state index contributed by atoms with van der Waals surface area (Å²) in [5, 5.41) is 0. The molecule has 0 bridgehead atoms. The largest absolute Gasteiger partial charge is 0.496 e. The molecule has 17 heavy (non-hydrogen) atoms. The van der Waals surface area contributed by atoms with Crippen molar-refractivity contribution in [2.45, 2.75) is 19.1 Å². The molecule has 5 nitrogen and oxygen atoms in total. The van der Waals surface area contributed by atoms with Crippen molar-refractivity contribution in [1.29, 1.82) is 0 Å². The number of methoxy groups -OCH3 is 3. The Balaban J connectivity index is 3.24. The zero-order chi connectivity index (χ0) is 12.8. The van der Waals surface area contributed by atoms with E-state index in [-0.39, 0.29) is 12.1 Å². The molecule has 3 N–H and O–H groups in total. The Labute approximate surface area is 102 Å². The molecule has 0 radical (unpaired) electrons. The number of nitrogens with one attached hydrogen (secondary N) is 1. The first-order chi connectivity index (χ1) is 8.19. The molecule has 0 aliphatic heterocycles. The molecule has 0 aromatic heterocycles. The highest BCUT2D eigenvalue weighted by atomic mass is 16.5. The Bertz CT molecular complexity index is 335. The normalized spacial score (nSPS) is 14.2. The third-order valence-electron chi connectivity index (χ3n) is 2.80. The number of hydrogen-bond donors (Lipinski definition) is 2. The van der Waals surface area contributed by atoms with Gasteiger partial charge in [0.25, 0.3) is 0 Å². The van der Waals surface area contributed by atoms with Gasteiger partial charge in [0.1, 0.15) is 11.5 Å². The van der Waals surface area contributed by atoms with Gasteiger partial charge in [0, 0.05) is 7.11 Å². The first kappa shape index (κ1) is 13.8. The van der Waals surface area contributed by atoms with Crippen molar-refractivity contribution in [3.63, 3.8) is 0 Å². The second kappa shape index (κ2) is 6.44. The van der Waals surface area contributed by atoms with Crippen LogP contribution in [0.2, 0.25) is 0 Å². The van der Waals surface area contributed by atoms with Crippen molar-refractivity contribution in [2.75, 3.05) is 21.3 Å². The molecule has 0 saturated heterocycles. The summed E-state index contributed by atoms with van der Waals surface area (Å²) in [5.41, 5.74) is 3.59. The monoisotopic (exact) mass is 240 g/mol. The van der Waals surface area contributed by atoms with Crippen molar-refractivity contribution < 1.29 is 14.2 Å². The maximum Gasteiger partial charge on any atom is 0.127 e. The lowest BCUT2D eigenvalue weighted by molar-refractivity contribution is 0.0812. The Morgan fingerprint density at radius 2 is 1.65 bits per heavy atom. The average Bonchev–Trinajstić information content (AvgIpc) is 2.39. The van der Waals surface area contributed by atoms with Crippen LogP contribution in [0.15, 0.2) is 18.2 Å². The van der Waals surface area contributed by atoms with Gasteiger partial charge >= 0.3 is 0 Å². The summed E-state index contributed by atoms with van der Waals surface area (Å²) in [6.45, 7) is 1.93. The van der Waals surface area contributed by atoms with Crippen LogP contribution >= 0.6 is 0 Å². The Hall–Kier alpha value is -1.30. The van der Waals surface area contributed by atoms with E-state index in [2.05, 4.69) is 5.43 Å². The van der Waals surface area contributed by atoms with E-state index in [1.54, 1.807) is 21.3 Å². The quantitative estimate of drug-likeness (QED) is 0.578. The van der Waals surface area contributed by atoms with Crippen molar-refractivity contribution in [3.8, 4) is 11.5 Å². The molecule has 0 aliphatic rings. The lowest BCUT2D eigenvalue weighted by Crippen LogP contribution is -2.36. The summed E-state index contributed by atoms with van der Waals surface area (Å²) in [6, 6.07) is 5.40. The van der Waals surface area contributed by atoms with E-state index in [1.807, 2.05) is 25.1 Å². The molecule has 1 aromatic carbocycles. The van der Waals surface area contributed by atoms with Gasteiger partial charge in [-0.15, -0.1) is 0 Å². The van der Waals surface area contributed by atoms with Gasteiger partial charge in [-0.05, 0) is 19.1 Å². The fourth-order valence-electron chi connectivity index (χ4n) is 1.78. The molecule has 0 aliphatic carbocycles. The van der Waals surface area contributed by atoms with Gasteiger partial charge in [0.15, 0.2) is 0 Å². The molecule has 0 fully saturated rings. The van der Waals surface area contributed by atoms with E-state index in [1.165, 1.54) is 0 Å². The minimum atomic E-state index is -0.203. The smallest absolute Gasteiger partial charge is 0.127 e. The molecule has 0 amide bonds.